The van der Waals surface area contributed by atoms with Gasteiger partial charge in [-0.3, -0.25) is 9.05 Å². The van der Waals surface area contributed by atoms with Gasteiger partial charge in [-0.05, 0) is 19.1 Å². The van der Waals surface area contributed by atoms with E-state index >= 15 is 0 Å². The van der Waals surface area contributed by atoms with Crippen LogP contribution < -0.4 is 0 Å². The molecular formula is C15H19O8P. The van der Waals surface area contributed by atoms with E-state index < -0.39 is 19.8 Å². The van der Waals surface area contributed by atoms with E-state index in [0.717, 1.165) is 20.3 Å². The number of allylic oxidation sites excluding steroid dienone is 1. The zero-order chi connectivity index (χ0) is 18.0. The molecule has 0 aliphatic carbocycles. The highest BCUT2D eigenvalue weighted by Crippen LogP contribution is 2.49. The van der Waals surface area contributed by atoms with Gasteiger partial charge in [-0.15, -0.1) is 0 Å². The number of phosphoric ester groups is 1. The molecule has 0 aliphatic heterocycles. The van der Waals surface area contributed by atoms with Crippen LogP contribution in [0.15, 0.2) is 42.2 Å². The van der Waals surface area contributed by atoms with Crippen LogP contribution in [0.25, 0.3) is 0 Å². The molecule has 24 heavy (non-hydrogen) atoms. The highest BCUT2D eigenvalue weighted by atomic mass is 31.2. The van der Waals surface area contributed by atoms with Crippen molar-refractivity contribution in [3.63, 3.8) is 0 Å². The summed E-state index contributed by atoms with van der Waals surface area (Å²) in [6.45, 7) is 1.16. The number of benzene rings is 1. The first-order valence-corrected chi connectivity index (χ1v) is 8.34. The fourth-order valence-corrected chi connectivity index (χ4v) is 2.20. The van der Waals surface area contributed by atoms with Crippen LogP contribution in [0.1, 0.15) is 17.3 Å². The summed E-state index contributed by atoms with van der Waals surface area (Å²) in [4.78, 5) is 23.2. The first-order chi connectivity index (χ1) is 11.4. The molecule has 0 atom stereocenters. The van der Waals surface area contributed by atoms with Crippen molar-refractivity contribution in [3.05, 3.63) is 47.7 Å². The highest BCUT2D eigenvalue weighted by molar-refractivity contribution is 7.48. The zero-order valence-corrected chi connectivity index (χ0v) is 14.5. The van der Waals surface area contributed by atoms with Crippen LogP contribution in [-0.4, -0.2) is 39.4 Å². The molecule has 1 aromatic rings. The molecule has 0 heterocycles. The molecule has 8 nitrogen and oxygen atoms in total. The lowest BCUT2D eigenvalue weighted by Gasteiger charge is -2.14. The summed E-state index contributed by atoms with van der Waals surface area (Å²) in [6.07, 6.45) is 0.976. The quantitative estimate of drug-likeness (QED) is 0.218. The molecule has 0 saturated heterocycles. The van der Waals surface area contributed by atoms with Crippen molar-refractivity contribution >= 4 is 19.8 Å². The monoisotopic (exact) mass is 358 g/mol. The number of ether oxygens (including phenoxy) is 2. The first-order valence-electron chi connectivity index (χ1n) is 6.88. The maximum atomic E-state index is 11.7. The maximum absolute atomic E-state index is 11.7. The molecule has 0 unspecified atom stereocenters. The summed E-state index contributed by atoms with van der Waals surface area (Å²) in [6, 6.07) is 8.43. The van der Waals surface area contributed by atoms with Crippen LogP contribution in [-0.2, 0) is 32.4 Å². The van der Waals surface area contributed by atoms with Crippen molar-refractivity contribution in [1.82, 2.24) is 0 Å². The van der Waals surface area contributed by atoms with Crippen LogP contribution in [0.4, 0.5) is 0 Å². The molecule has 0 aliphatic rings. The Morgan fingerprint density at radius 3 is 2.21 bits per heavy atom. The smallest absolute Gasteiger partial charge is 0.459 e. The van der Waals surface area contributed by atoms with E-state index in [1.807, 2.05) is 0 Å². The largest absolute Gasteiger partial charge is 0.529 e. The summed E-state index contributed by atoms with van der Waals surface area (Å²) >= 11 is 0. The third-order valence-electron chi connectivity index (χ3n) is 2.59. The van der Waals surface area contributed by atoms with E-state index in [9.17, 15) is 14.2 Å². The minimum absolute atomic E-state index is 0.00619. The highest BCUT2D eigenvalue weighted by Gasteiger charge is 2.24. The van der Waals surface area contributed by atoms with Crippen LogP contribution in [0.3, 0.4) is 0 Å². The lowest BCUT2D eigenvalue weighted by atomic mass is 10.2. The fourth-order valence-electron chi connectivity index (χ4n) is 1.49. The van der Waals surface area contributed by atoms with Crippen molar-refractivity contribution in [2.45, 2.75) is 6.92 Å². The molecule has 132 valence electrons. The summed E-state index contributed by atoms with van der Waals surface area (Å²) in [5.74, 6) is -1.27. The molecule has 0 aromatic heterocycles. The number of carbonyl (C=O) groups is 2. The normalized spacial score (nSPS) is 11.7. The van der Waals surface area contributed by atoms with Gasteiger partial charge in [0, 0.05) is 14.2 Å². The molecule has 0 fully saturated rings. The summed E-state index contributed by atoms with van der Waals surface area (Å²) < 4.78 is 35.5. The Balaban J connectivity index is 2.35. The fraction of sp³-hybridized carbons (Fsp3) is 0.333. The maximum Gasteiger partial charge on any atom is 0.529 e. The van der Waals surface area contributed by atoms with Gasteiger partial charge in [0.15, 0.2) is 0 Å². The molecule has 0 amide bonds. The zero-order valence-electron chi connectivity index (χ0n) is 13.6. The number of hydrogen-bond acceptors (Lipinski definition) is 8. The van der Waals surface area contributed by atoms with Crippen molar-refractivity contribution in [3.8, 4) is 0 Å². The van der Waals surface area contributed by atoms with Gasteiger partial charge in [0.25, 0.3) is 0 Å². The number of hydrogen-bond donors (Lipinski definition) is 0. The van der Waals surface area contributed by atoms with Gasteiger partial charge in [0.1, 0.15) is 19.0 Å². The lowest BCUT2D eigenvalue weighted by molar-refractivity contribution is -0.139. The SMILES string of the molecule is COP(=O)(OC)OC(C)=CC(=O)OCCOC(=O)c1ccccc1. The summed E-state index contributed by atoms with van der Waals surface area (Å²) in [7, 11) is -1.42. The molecule has 1 aromatic carbocycles. The molecule has 0 saturated carbocycles. The Morgan fingerprint density at radius 1 is 1.04 bits per heavy atom. The number of phosphoric acid groups is 1. The lowest BCUT2D eigenvalue weighted by Crippen LogP contribution is -2.13. The van der Waals surface area contributed by atoms with Crippen molar-refractivity contribution in [2.24, 2.45) is 0 Å². The molecule has 1 rings (SSSR count). The van der Waals surface area contributed by atoms with Gasteiger partial charge >= 0.3 is 19.8 Å². The van der Waals surface area contributed by atoms with Crippen LogP contribution >= 0.6 is 7.82 Å². The van der Waals surface area contributed by atoms with Crippen molar-refractivity contribution < 1.29 is 37.2 Å². The molecule has 0 spiro atoms. The first kappa shape index (κ1) is 19.9. The Kier molecular flexibility index (Phi) is 8.18. The average molecular weight is 358 g/mol. The Hall–Kier alpha value is -2.15. The number of rotatable bonds is 9. The predicted octanol–water partition coefficient (Wildman–Crippen LogP) is 2.71. The van der Waals surface area contributed by atoms with Gasteiger partial charge in [-0.1, -0.05) is 18.2 Å². The van der Waals surface area contributed by atoms with E-state index in [0.29, 0.717) is 5.56 Å². The Labute approximate surface area is 139 Å². The third-order valence-corrected chi connectivity index (χ3v) is 4.00. The average Bonchev–Trinajstić information content (AvgIpc) is 2.59. The minimum Gasteiger partial charge on any atom is -0.459 e. The van der Waals surface area contributed by atoms with E-state index in [2.05, 4.69) is 9.05 Å². The van der Waals surface area contributed by atoms with Crippen LogP contribution in [0.2, 0.25) is 0 Å². The number of esters is 2. The standard InChI is InChI=1S/C15H19O8P/c1-12(23-24(18,19-2)20-3)11-14(16)21-9-10-22-15(17)13-7-5-4-6-8-13/h4-8,11H,9-10H2,1-3H3. The predicted molar refractivity (Wildman–Crippen MR) is 84.2 cm³/mol. The Morgan fingerprint density at radius 2 is 1.62 bits per heavy atom. The molecule has 0 bridgehead atoms. The van der Waals surface area contributed by atoms with Gasteiger partial charge in [-0.2, -0.15) is 0 Å². The summed E-state index contributed by atoms with van der Waals surface area (Å²) in [5, 5.41) is 0. The topological polar surface area (TPSA) is 97.4 Å². The van der Waals surface area contributed by atoms with Crippen LogP contribution in [0, 0.1) is 0 Å². The van der Waals surface area contributed by atoms with E-state index in [1.165, 1.54) is 6.92 Å². The second-order valence-electron chi connectivity index (χ2n) is 4.33. The van der Waals surface area contributed by atoms with Crippen LogP contribution in [0.5, 0.6) is 0 Å². The van der Waals surface area contributed by atoms with Gasteiger partial charge in [0.05, 0.1) is 11.6 Å². The second kappa shape index (κ2) is 9.87. The second-order valence-corrected chi connectivity index (χ2v) is 6.14. The van der Waals surface area contributed by atoms with Crippen molar-refractivity contribution in [2.75, 3.05) is 27.4 Å². The van der Waals surface area contributed by atoms with Gasteiger partial charge in [-0.25, -0.2) is 14.2 Å². The van der Waals surface area contributed by atoms with Gasteiger partial charge < -0.3 is 14.0 Å². The number of carbonyl (C=O) groups excluding carboxylic acids is 2. The van der Waals surface area contributed by atoms with E-state index in [4.69, 9.17) is 14.0 Å². The third kappa shape index (κ3) is 6.95. The molecule has 9 heteroatoms. The molecule has 0 radical (unpaired) electrons. The summed E-state index contributed by atoms with van der Waals surface area (Å²) in [5.41, 5.74) is 0.405. The minimum atomic E-state index is -3.72. The molecule has 0 N–H and O–H groups in total. The van der Waals surface area contributed by atoms with E-state index in [1.54, 1.807) is 30.3 Å². The van der Waals surface area contributed by atoms with Gasteiger partial charge in [0.2, 0.25) is 0 Å². The van der Waals surface area contributed by atoms with E-state index in [-0.39, 0.29) is 19.0 Å². The van der Waals surface area contributed by atoms with Crippen molar-refractivity contribution in [1.29, 1.82) is 0 Å². The molecular weight excluding hydrogens is 339 g/mol. The Bertz CT molecular complexity index is 618.